The van der Waals surface area contributed by atoms with E-state index in [1.54, 1.807) is 0 Å². The number of amides is 1. The third-order valence-corrected chi connectivity index (χ3v) is 5.06. The molecule has 0 N–H and O–H groups in total. The summed E-state index contributed by atoms with van der Waals surface area (Å²) in [6.07, 6.45) is 9.67. The highest BCUT2D eigenvalue weighted by Crippen LogP contribution is 2.31. The maximum absolute atomic E-state index is 12.4. The Morgan fingerprint density at radius 1 is 1.17 bits per heavy atom. The van der Waals surface area contributed by atoms with Gasteiger partial charge in [0.25, 0.3) is 0 Å². The van der Waals surface area contributed by atoms with Crippen LogP contribution in [0.1, 0.15) is 44.6 Å². The minimum absolute atomic E-state index is 0.388. The highest BCUT2D eigenvalue weighted by molar-refractivity contribution is 5.77. The molecule has 0 spiro atoms. The number of hydrogen-bond donors (Lipinski definition) is 0. The van der Waals surface area contributed by atoms with Gasteiger partial charge in [-0.05, 0) is 24.8 Å². The molecule has 2 unspecified atom stereocenters. The summed E-state index contributed by atoms with van der Waals surface area (Å²) in [6, 6.07) is 11.3. The van der Waals surface area contributed by atoms with Crippen molar-refractivity contribution in [3.63, 3.8) is 0 Å². The molecule has 3 rings (SSSR count). The van der Waals surface area contributed by atoms with E-state index in [1.807, 2.05) is 6.07 Å². The number of nitrogens with zero attached hydrogens (tertiary/aromatic N) is 2. The first kappa shape index (κ1) is 16.3. The molecule has 2 heterocycles. The minimum atomic E-state index is 0.388. The SMILES string of the molecule is CCCCC(=O)N1C2CCC1CN(CC=Cc1ccccc1)C2. The van der Waals surface area contributed by atoms with Crippen LogP contribution in [0.2, 0.25) is 0 Å². The number of likely N-dealkylation sites (tertiary alicyclic amines) is 1. The molecule has 0 aromatic heterocycles. The number of carbonyl (C=O) groups is 1. The monoisotopic (exact) mass is 312 g/mol. The largest absolute Gasteiger partial charge is 0.334 e. The van der Waals surface area contributed by atoms with Gasteiger partial charge in [-0.2, -0.15) is 0 Å². The van der Waals surface area contributed by atoms with Gasteiger partial charge >= 0.3 is 0 Å². The lowest BCUT2D eigenvalue weighted by atomic mass is 10.1. The van der Waals surface area contributed by atoms with Crippen LogP contribution in [0.25, 0.3) is 6.08 Å². The van der Waals surface area contributed by atoms with Gasteiger partial charge in [0.05, 0.1) is 0 Å². The predicted molar refractivity (Wildman–Crippen MR) is 95.1 cm³/mol. The molecule has 1 aromatic carbocycles. The summed E-state index contributed by atoms with van der Waals surface area (Å²) in [7, 11) is 0. The Labute approximate surface area is 140 Å². The van der Waals surface area contributed by atoms with Gasteiger partial charge in [-0.25, -0.2) is 0 Å². The van der Waals surface area contributed by atoms with Crippen LogP contribution in [0, 0.1) is 0 Å². The Hall–Kier alpha value is -1.61. The Morgan fingerprint density at radius 3 is 2.52 bits per heavy atom. The average molecular weight is 312 g/mol. The van der Waals surface area contributed by atoms with Crippen LogP contribution in [-0.2, 0) is 4.79 Å². The molecule has 1 aromatic rings. The second kappa shape index (κ2) is 7.78. The lowest BCUT2D eigenvalue weighted by molar-refractivity contribution is -0.136. The number of rotatable bonds is 6. The van der Waals surface area contributed by atoms with Crippen LogP contribution >= 0.6 is 0 Å². The van der Waals surface area contributed by atoms with E-state index < -0.39 is 0 Å². The third-order valence-electron chi connectivity index (χ3n) is 5.06. The van der Waals surface area contributed by atoms with Gasteiger partial charge in [-0.15, -0.1) is 0 Å². The zero-order valence-electron chi connectivity index (χ0n) is 14.2. The predicted octanol–water partition coefficient (Wildman–Crippen LogP) is 3.57. The van der Waals surface area contributed by atoms with Crippen LogP contribution in [0.5, 0.6) is 0 Å². The molecule has 2 aliphatic rings. The van der Waals surface area contributed by atoms with Crippen LogP contribution in [0.4, 0.5) is 0 Å². The first-order valence-electron chi connectivity index (χ1n) is 9.03. The number of unbranched alkanes of at least 4 members (excludes halogenated alkanes) is 1. The van der Waals surface area contributed by atoms with E-state index in [1.165, 1.54) is 18.4 Å². The van der Waals surface area contributed by atoms with Crippen molar-refractivity contribution < 1.29 is 4.79 Å². The molecule has 2 atom stereocenters. The molecule has 3 nitrogen and oxygen atoms in total. The first-order chi connectivity index (χ1) is 11.3. The zero-order valence-corrected chi connectivity index (χ0v) is 14.2. The maximum atomic E-state index is 12.4. The highest BCUT2D eigenvalue weighted by Gasteiger charge is 2.41. The van der Waals surface area contributed by atoms with Gasteiger partial charge in [0.15, 0.2) is 0 Å². The molecule has 2 saturated heterocycles. The summed E-state index contributed by atoms with van der Waals surface area (Å²) in [4.78, 5) is 17.1. The summed E-state index contributed by atoms with van der Waals surface area (Å²) < 4.78 is 0. The molecule has 0 aliphatic carbocycles. The van der Waals surface area contributed by atoms with Gasteiger partial charge in [0.1, 0.15) is 0 Å². The fraction of sp³-hybridized carbons (Fsp3) is 0.550. The maximum Gasteiger partial charge on any atom is 0.223 e. The average Bonchev–Trinajstić information content (AvgIpc) is 2.84. The van der Waals surface area contributed by atoms with Crippen molar-refractivity contribution in [3.05, 3.63) is 42.0 Å². The van der Waals surface area contributed by atoms with E-state index >= 15 is 0 Å². The Balaban J connectivity index is 1.52. The summed E-state index contributed by atoms with van der Waals surface area (Å²) in [5.41, 5.74) is 1.25. The fourth-order valence-electron chi connectivity index (χ4n) is 3.91. The highest BCUT2D eigenvalue weighted by atomic mass is 16.2. The summed E-state index contributed by atoms with van der Waals surface area (Å²) in [5, 5.41) is 0. The van der Waals surface area contributed by atoms with Gasteiger partial charge in [0, 0.05) is 38.1 Å². The van der Waals surface area contributed by atoms with Gasteiger partial charge < -0.3 is 4.90 Å². The van der Waals surface area contributed by atoms with Gasteiger partial charge in [0.2, 0.25) is 5.91 Å². The molecule has 124 valence electrons. The van der Waals surface area contributed by atoms with Crippen molar-refractivity contribution in [2.75, 3.05) is 19.6 Å². The van der Waals surface area contributed by atoms with Crippen LogP contribution < -0.4 is 0 Å². The standard InChI is InChI=1S/C20H28N2O/c1-2-3-11-20(23)22-18-12-13-19(22)16-21(15-18)14-7-10-17-8-5-4-6-9-17/h4-10,18-19H,2-3,11-16H2,1H3. The van der Waals surface area contributed by atoms with E-state index in [9.17, 15) is 4.79 Å². The van der Waals surface area contributed by atoms with Crippen molar-refractivity contribution >= 4 is 12.0 Å². The summed E-state index contributed by atoms with van der Waals surface area (Å²) in [5.74, 6) is 0.388. The lowest BCUT2D eigenvalue weighted by Crippen LogP contribution is -2.55. The van der Waals surface area contributed by atoms with Gasteiger partial charge in [-0.1, -0.05) is 55.8 Å². The molecule has 2 fully saturated rings. The van der Waals surface area contributed by atoms with Crippen molar-refractivity contribution in [1.29, 1.82) is 0 Å². The number of piperazine rings is 1. The van der Waals surface area contributed by atoms with E-state index in [0.717, 1.165) is 38.9 Å². The van der Waals surface area contributed by atoms with Crippen molar-refractivity contribution in [2.45, 2.75) is 51.1 Å². The van der Waals surface area contributed by atoms with Crippen molar-refractivity contribution in [1.82, 2.24) is 9.80 Å². The van der Waals surface area contributed by atoms with E-state index in [2.05, 4.69) is 53.1 Å². The molecule has 0 radical (unpaired) electrons. The second-order valence-corrected chi connectivity index (χ2v) is 6.82. The normalized spacial score (nSPS) is 24.5. The van der Waals surface area contributed by atoms with Crippen molar-refractivity contribution in [2.24, 2.45) is 0 Å². The Kier molecular flexibility index (Phi) is 5.50. The Bertz CT molecular complexity index is 526. The zero-order chi connectivity index (χ0) is 16.1. The molecule has 0 saturated carbocycles. The van der Waals surface area contributed by atoms with E-state index in [0.29, 0.717) is 18.0 Å². The smallest absolute Gasteiger partial charge is 0.223 e. The van der Waals surface area contributed by atoms with Crippen molar-refractivity contribution in [3.8, 4) is 0 Å². The quantitative estimate of drug-likeness (QED) is 0.802. The molecule has 3 heteroatoms. The third kappa shape index (κ3) is 4.03. The lowest BCUT2D eigenvalue weighted by Gasteiger charge is -2.41. The summed E-state index contributed by atoms with van der Waals surface area (Å²) in [6.45, 7) is 5.21. The molecule has 2 bridgehead atoms. The van der Waals surface area contributed by atoms with Crippen LogP contribution in [-0.4, -0.2) is 47.4 Å². The second-order valence-electron chi connectivity index (χ2n) is 6.82. The van der Waals surface area contributed by atoms with E-state index in [-0.39, 0.29) is 0 Å². The summed E-state index contributed by atoms with van der Waals surface area (Å²) >= 11 is 0. The number of carbonyl (C=O) groups excluding carboxylic acids is 1. The number of benzene rings is 1. The van der Waals surface area contributed by atoms with E-state index in [4.69, 9.17) is 0 Å². The number of hydrogen-bond acceptors (Lipinski definition) is 2. The topological polar surface area (TPSA) is 23.6 Å². The van der Waals surface area contributed by atoms with Gasteiger partial charge in [-0.3, -0.25) is 9.69 Å². The number of fused-ring (bicyclic) bond motifs is 2. The molecule has 1 amide bonds. The molecule has 2 aliphatic heterocycles. The minimum Gasteiger partial charge on any atom is -0.334 e. The molecule has 23 heavy (non-hydrogen) atoms. The Morgan fingerprint density at radius 2 is 1.87 bits per heavy atom. The van der Waals surface area contributed by atoms with Crippen LogP contribution in [0.15, 0.2) is 36.4 Å². The molecular formula is C20H28N2O. The molecular weight excluding hydrogens is 284 g/mol. The van der Waals surface area contributed by atoms with Crippen LogP contribution in [0.3, 0.4) is 0 Å². The first-order valence-corrected chi connectivity index (χ1v) is 9.03. The fourth-order valence-corrected chi connectivity index (χ4v) is 3.91.